The van der Waals surface area contributed by atoms with Crippen LogP contribution in [0.1, 0.15) is 34.1 Å². The van der Waals surface area contributed by atoms with E-state index in [1.807, 2.05) is 30.3 Å². The van der Waals surface area contributed by atoms with E-state index in [0.717, 1.165) is 11.8 Å². The van der Waals surface area contributed by atoms with Gasteiger partial charge in [-0.05, 0) is 35.9 Å². The second-order valence-electron chi connectivity index (χ2n) is 7.09. The summed E-state index contributed by atoms with van der Waals surface area (Å²) in [5.74, 6) is 0.451. The third-order valence-corrected chi connectivity index (χ3v) is 5.45. The summed E-state index contributed by atoms with van der Waals surface area (Å²) in [6.07, 6.45) is 2.95. The standard InChI is InChI=1S/C22H21N3O5S/c1-29-20-10-4-3-9-17(20)19-14-18(23-25(19)22(26)21-11-6-12-30-21)15-7-5-8-16(13-15)24-31(2,27)28/h3-13,19,24H,14H2,1-2H3/t19-/m1/s1. The summed E-state index contributed by atoms with van der Waals surface area (Å²) in [5, 5.41) is 5.98. The Morgan fingerprint density at radius 1 is 1.16 bits per heavy atom. The Morgan fingerprint density at radius 3 is 2.68 bits per heavy atom. The van der Waals surface area contributed by atoms with Crippen LogP contribution in [-0.4, -0.2) is 38.4 Å². The lowest BCUT2D eigenvalue weighted by atomic mass is 9.97. The maximum atomic E-state index is 13.1. The van der Waals surface area contributed by atoms with Gasteiger partial charge in [-0.3, -0.25) is 9.52 Å². The van der Waals surface area contributed by atoms with Crippen LogP contribution in [0.25, 0.3) is 0 Å². The van der Waals surface area contributed by atoms with Crippen LogP contribution in [0, 0.1) is 0 Å². The molecule has 0 fully saturated rings. The molecule has 2 aromatic carbocycles. The number of ether oxygens (including phenoxy) is 1. The number of furan rings is 1. The fourth-order valence-corrected chi connectivity index (χ4v) is 4.10. The minimum atomic E-state index is -3.42. The van der Waals surface area contributed by atoms with Gasteiger partial charge in [0.1, 0.15) is 5.75 Å². The average molecular weight is 439 g/mol. The van der Waals surface area contributed by atoms with Gasteiger partial charge in [-0.1, -0.05) is 30.3 Å². The maximum Gasteiger partial charge on any atom is 0.310 e. The smallest absolute Gasteiger partial charge is 0.310 e. The fraction of sp³-hybridized carbons (Fsp3) is 0.182. The highest BCUT2D eigenvalue weighted by atomic mass is 32.2. The SMILES string of the molecule is COc1ccccc1[C@H]1CC(c2cccc(NS(C)(=O)=O)c2)=NN1C(=O)c1ccco1. The summed E-state index contributed by atoms with van der Waals surface area (Å²) in [6.45, 7) is 0. The Hall–Kier alpha value is -3.59. The van der Waals surface area contributed by atoms with Crippen molar-refractivity contribution in [1.82, 2.24) is 5.01 Å². The van der Waals surface area contributed by atoms with Crippen LogP contribution in [0.5, 0.6) is 5.75 Å². The first-order chi connectivity index (χ1) is 14.9. The van der Waals surface area contributed by atoms with Gasteiger partial charge in [-0.25, -0.2) is 13.4 Å². The van der Waals surface area contributed by atoms with Gasteiger partial charge in [-0.15, -0.1) is 0 Å². The van der Waals surface area contributed by atoms with Crippen molar-refractivity contribution < 1.29 is 22.4 Å². The lowest BCUT2D eigenvalue weighted by Crippen LogP contribution is -2.27. The molecule has 1 aliphatic rings. The van der Waals surface area contributed by atoms with E-state index in [0.29, 0.717) is 29.1 Å². The summed E-state index contributed by atoms with van der Waals surface area (Å²) < 4.78 is 36.5. The van der Waals surface area contributed by atoms with E-state index in [9.17, 15) is 13.2 Å². The number of sulfonamides is 1. The zero-order chi connectivity index (χ0) is 22.0. The molecule has 8 nitrogen and oxygen atoms in total. The molecule has 31 heavy (non-hydrogen) atoms. The van der Waals surface area contributed by atoms with Crippen LogP contribution in [0.2, 0.25) is 0 Å². The van der Waals surface area contributed by atoms with E-state index in [4.69, 9.17) is 9.15 Å². The van der Waals surface area contributed by atoms with E-state index in [-0.39, 0.29) is 11.7 Å². The topological polar surface area (TPSA) is 101 Å². The fourth-order valence-electron chi connectivity index (χ4n) is 3.55. The second kappa shape index (κ2) is 8.27. The number of benzene rings is 2. The van der Waals surface area contributed by atoms with Gasteiger partial charge >= 0.3 is 5.91 Å². The molecule has 1 N–H and O–H groups in total. The molecule has 4 rings (SSSR count). The zero-order valence-corrected chi connectivity index (χ0v) is 17.8. The number of nitrogens with zero attached hydrogens (tertiary/aromatic N) is 2. The molecule has 160 valence electrons. The first-order valence-electron chi connectivity index (χ1n) is 9.51. The number of nitrogens with one attached hydrogen (secondary N) is 1. The van der Waals surface area contributed by atoms with Gasteiger partial charge in [0.2, 0.25) is 10.0 Å². The number of para-hydroxylation sites is 1. The first-order valence-corrected chi connectivity index (χ1v) is 11.4. The monoisotopic (exact) mass is 439 g/mol. The number of hydrogen-bond acceptors (Lipinski definition) is 6. The number of carbonyl (C=O) groups is 1. The molecule has 0 radical (unpaired) electrons. The quantitative estimate of drug-likeness (QED) is 0.632. The minimum Gasteiger partial charge on any atom is -0.496 e. The summed E-state index contributed by atoms with van der Waals surface area (Å²) >= 11 is 0. The normalized spacial score (nSPS) is 16.1. The number of anilines is 1. The Labute approximate surface area is 180 Å². The van der Waals surface area contributed by atoms with Crippen LogP contribution in [-0.2, 0) is 10.0 Å². The number of amides is 1. The third kappa shape index (κ3) is 4.46. The number of methoxy groups -OCH3 is 1. The van der Waals surface area contributed by atoms with Crippen molar-refractivity contribution in [2.75, 3.05) is 18.1 Å². The van der Waals surface area contributed by atoms with E-state index < -0.39 is 16.1 Å². The molecule has 0 saturated heterocycles. The van der Waals surface area contributed by atoms with Crippen molar-refractivity contribution >= 4 is 27.3 Å². The predicted molar refractivity (Wildman–Crippen MR) is 117 cm³/mol. The lowest BCUT2D eigenvalue weighted by molar-refractivity contribution is 0.0677. The molecular formula is C22H21N3O5S. The Morgan fingerprint density at radius 2 is 1.97 bits per heavy atom. The molecular weight excluding hydrogens is 418 g/mol. The molecule has 0 saturated carbocycles. The van der Waals surface area contributed by atoms with Crippen molar-refractivity contribution in [3.05, 3.63) is 83.8 Å². The Kier molecular flexibility index (Phi) is 5.51. The van der Waals surface area contributed by atoms with Crippen LogP contribution in [0.3, 0.4) is 0 Å². The van der Waals surface area contributed by atoms with Gasteiger partial charge in [0.25, 0.3) is 0 Å². The third-order valence-electron chi connectivity index (χ3n) is 4.85. The van der Waals surface area contributed by atoms with Crippen LogP contribution >= 0.6 is 0 Å². The molecule has 1 aromatic heterocycles. The van der Waals surface area contributed by atoms with Crippen molar-refractivity contribution in [1.29, 1.82) is 0 Å². The van der Waals surface area contributed by atoms with Gasteiger partial charge in [0.05, 0.1) is 31.4 Å². The molecule has 1 amide bonds. The summed E-state index contributed by atoms with van der Waals surface area (Å²) in [4.78, 5) is 13.1. The summed E-state index contributed by atoms with van der Waals surface area (Å²) in [6, 6.07) is 17.2. The number of hydrogen-bond donors (Lipinski definition) is 1. The first kappa shape index (κ1) is 20.7. The van der Waals surface area contributed by atoms with Crippen molar-refractivity contribution in [3.8, 4) is 5.75 Å². The van der Waals surface area contributed by atoms with Crippen LogP contribution in [0.4, 0.5) is 5.69 Å². The summed E-state index contributed by atoms with van der Waals surface area (Å²) in [7, 11) is -1.84. The maximum absolute atomic E-state index is 13.1. The Bertz CT molecular complexity index is 1240. The highest BCUT2D eigenvalue weighted by Crippen LogP contribution is 2.38. The Balaban J connectivity index is 1.74. The number of carbonyl (C=O) groups excluding carboxylic acids is 1. The van der Waals surface area contributed by atoms with Gasteiger partial charge in [-0.2, -0.15) is 5.10 Å². The van der Waals surface area contributed by atoms with E-state index in [2.05, 4.69) is 9.82 Å². The lowest BCUT2D eigenvalue weighted by Gasteiger charge is -2.22. The van der Waals surface area contributed by atoms with E-state index in [1.54, 1.807) is 37.4 Å². The molecule has 0 spiro atoms. The van der Waals surface area contributed by atoms with Gasteiger partial charge in [0, 0.05) is 17.7 Å². The van der Waals surface area contributed by atoms with Crippen molar-refractivity contribution in [3.63, 3.8) is 0 Å². The molecule has 0 aliphatic carbocycles. The van der Waals surface area contributed by atoms with Gasteiger partial charge < -0.3 is 9.15 Å². The zero-order valence-electron chi connectivity index (χ0n) is 17.0. The number of hydrazone groups is 1. The highest BCUT2D eigenvalue weighted by Gasteiger charge is 2.36. The van der Waals surface area contributed by atoms with Gasteiger partial charge in [0.15, 0.2) is 5.76 Å². The molecule has 0 bridgehead atoms. The largest absolute Gasteiger partial charge is 0.496 e. The van der Waals surface area contributed by atoms with Crippen molar-refractivity contribution in [2.45, 2.75) is 12.5 Å². The molecule has 1 atom stereocenters. The van der Waals surface area contributed by atoms with E-state index >= 15 is 0 Å². The van der Waals surface area contributed by atoms with E-state index in [1.165, 1.54) is 11.3 Å². The van der Waals surface area contributed by atoms with Crippen LogP contribution < -0.4 is 9.46 Å². The molecule has 2 heterocycles. The molecule has 0 unspecified atom stereocenters. The number of rotatable bonds is 6. The molecule has 9 heteroatoms. The second-order valence-corrected chi connectivity index (χ2v) is 8.84. The minimum absolute atomic E-state index is 0.178. The van der Waals surface area contributed by atoms with Crippen molar-refractivity contribution in [2.24, 2.45) is 5.10 Å². The predicted octanol–water partition coefficient (Wildman–Crippen LogP) is 3.65. The summed E-state index contributed by atoms with van der Waals surface area (Å²) in [5.41, 5.74) is 2.60. The molecule has 3 aromatic rings. The average Bonchev–Trinajstić information content (AvgIpc) is 3.42. The highest BCUT2D eigenvalue weighted by molar-refractivity contribution is 7.92. The molecule has 1 aliphatic heterocycles. The van der Waals surface area contributed by atoms with Crippen LogP contribution in [0.15, 0.2) is 76.4 Å².